The fourth-order valence-corrected chi connectivity index (χ4v) is 4.88. The second-order valence-corrected chi connectivity index (χ2v) is 8.35. The molecule has 2 aromatic rings. The Labute approximate surface area is 175 Å². The molecule has 162 valence electrons. The van der Waals surface area contributed by atoms with E-state index in [2.05, 4.69) is 20.9 Å². The standard InChI is InChI=1S/C22H30FN5O2/c1-4-17(27-21(29)12(2)24-3)22(30)28-8-7-18-20(28)16(11-25-18)15-10-26-19-9-13(23)5-6-14(15)19/h5-6,9-10,12,16-18,20,24-26H,4,7-8,11H2,1-3H3,(H,27,29)/t12-,16+,17?,18+,20+/m0/s1. The highest BCUT2D eigenvalue weighted by Crippen LogP contribution is 2.39. The Balaban J connectivity index is 1.57. The highest BCUT2D eigenvalue weighted by Gasteiger charge is 2.48. The summed E-state index contributed by atoms with van der Waals surface area (Å²) in [6.45, 7) is 5.13. The summed E-state index contributed by atoms with van der Waals surface area (Å²) in [7, 11) is 1.72. The van der Waals surface area contributed by atoms with Gasteiger partial charge in [-0.05, 0) is 50.6 Å². The molecule has 2 aliphatic rings. The summed E-state index contributed by atoms with van der Waals surface area (Å²) in [5.74, 6) is -0.354. The van der Waals surface area contributed by atoms with Crippen LogP contribution in [0.1, 0.15) is 38.2 Å². The molecule has 2 amide bonds. The van der Waals surface area contributed by atoms with E-state index >= 15 is 0 Å². The van der Waals surface area contributed by atoms with Crippen LogP contribution in [0.3, 0.4) is 0 Å². The van der Waals surface area contributed by atoms with Gasteiger partial charge in [0.25, 0.3) is 0 Å². The number of hydrogen-bond acceptors (Lipinski definition) is 4. The first-order valence-corrected chi connectivity index (χ1v) is 10.7. The third-order valence-electron chi connectivity index (χ3n) is 6.67. The molecule has 1 aromatic heterocycles. The molecule has 0 bridgehead atoms. The lowest BCUT2D eigenvalue weighted by Crippen LogP contribution is -2.54. The Morgan fingerprint density at radius 3 is 2.90 bits per heavy atom. The predicted octanol–water partition coefficient (Wildman–Crippen LogP) is 1.47. The first kappa shape index (κ1) is 20.8. The minimum Gasteiger partial charge on any atom is -0.361 e. The zero-order chi connectivity index (χ0) is 21.4. The zero-order valence-corrected chi connectivity index (χ0v) is 17.7. The smallest absolute Gasteiger partial charge is 0.245 e. The van der Waals surface area contributed by atoms with E-state index in [0.29, 0.717) is 13.0 Å². The number of likely N-dealkylation sites (tertiary alicyclic amines) is 1. The van der Waals surface area contributed by atoms with Gasteiger partial charge in [-0.15, -0.1) is 0 Å². The average molecular weight is 416 g/mol. The number of aromatic nitrogens is 1. The van der Waals surface area contributed by atoms with Crippen LogP contribution in [0, 0.1) is 5.82 Å². The van der Waals surface area contributed by atoms with Gasteiger partial charge >= 0.3 is 0 Å². The minimum atomic E-state index is -0.537. The van der Waals surface area contributed by atoms with Crippen molar-refractivity contribution >= 4 is 22.7 Å². The van der Waals surface area contributed by atoms with E-state index in [-0.39, 0.29) is 41.7 Å². The van der Waals surface area contributed by atoms with Crippen molar-refractivity contribution in [3.05, 3.63) is 35.8 Å². The topological polar surface area (TPSA) is 89.3 Å². The fraction of sp³-hybridized carbons (Fsp3) is 0.545. The Hall–Kier alpha value is -2.45. The van der Waals surface area contributed by atoms with Gasteiger partial charge in [0.05, 0.1) is 12.1 Å². The molecule has 7 nitrogen and oxygen atoms in total. The molecular formula is C22H30FN5O2. The maximum Gasteiger partial charge on any atom is 0.245 e. The Morgan fingerprint density at radius 1 is 1.37 bits per heavy atom. The molecule has 2 fully saturated rings. The third kappa shape index (κ3) is 3.58. The lowest BCUT2D eigenvalue weighted by atomic mass is 9.91. The van der Waals surface area contributed by atoms with Crippen molar-refractivity contribution in [1.29, 1.82) is 0 Å². The van der Waals surface area contributed by atoms with Crippen LogP contribution in [-0.2, 0) is 9.59 Å². The zero-order valence-electron chi connectivity index (χ0n) is 17.7. The van der Waals surface area contributed by atoms with Crippen molar-refractivity contribution < 1.29 is 14.0 Å². The summed E-state index contributed by atoms with van der Waals surface area (Å²) >= 11 is 0. The van der Waals surface area contributed by atoms with Crippen LogP contribution < -0.4 is 16.0 Å². The van der Waals surface area contributed by atoms with Crippen molar-refractivity contribution in [3.8, 4) is 0 Å². The summed E-state index contributed by atoms with van der Waals surface area (Å²) in [6.07, 6.45) is 3.37. The van der Waals surface area contributed by atoms with Crippen molar-refractivity contribution in [2.24, 2.45) is 0 Å². The van der Waals surface area contributed by atoms with E-state index < -0.39 is 6.04 Å². The number of carbonyl (C=O) groups is 2. The molecule has 2 saturated heterocycles. The van der Waals surface area contributed by atoms with Gasteiger partial charge in [-0.2, -0.15) is 0 Å². The fourth-order valence-electron chi connectivity index (χ4n) is 4.88. The molecule has 8 heteroatoms. The number of amides is 2. The van der Waals surface area contributed by atoms with Crippen LogP contribution in [0.4, 0.5) is 4.39 Å². The van der Waals surface area contributed by atoms with E-state index in [9.17, 15) is 14.0 Å². The SMILES string of the molecule is CCC(NC(=O)[C@H](C)NC)C(=O)N1CC[C@H]2NC[C@H](c3c[nH]c4cc(F)ccc34)[C@H]21. The van der Waals surface area contributed by atoms with E-state index in [1.165, 1.54) is 12.1 Å². The number of rotatable bonds is 6. The van der Waals surface area contributed by atoms with Gasteiger partial charge in [-0.25, -0.2) is 4.39 Å². The highest BCUT2D eigenvalue weighted by molar-refractivity contribution is 5.90. The lowest BCUT2D eigenvalue weighted by Gasteiger charge is -2.32. The summed E-state index contributed by atoms with van der Waals surface area (Å²) < 4.78 is 13.6. The number of H-pyrrole nitrogens is 1. The van der Waals surface area contributed by atoms with Crippen molar-refractivity contribution in [3.63, 3.8) is 0 Å². The molecule has 30 heavy (non-hydrogen) atoms. The average Bonchev–Trinajstić information content (AvgIpc) is 3.45. The van der Waals surface area contributed by atoms with Gasteiger partial charge in [-0.1, -0.05) is 6.92 Å². The molecule has 0 spiro atoms. The summed E-state index contributed by atoms with van der Waals surface area (Å²) in [6, 6.07) is 4.14. The molecule has 2 aliphatic heterocycles. The Bertz CT molecular complexity index is 945. The molecule has 5 atom stereocenters. The lowest BCUT2D eigenvalue weighted by molar-refractivity contribution is -0.137. The van der Waals surface area contributed by atoms with Gasteiger partial charge in [0.15, 0.2) is 0 Å². The van der Waals surface area contributed by atoms with Gasteiger partial charge in [0.1, 0.15) is 11.9 Å². The van der Waals surface area contributed by atoms with E-state index in [0.717, 1.165) is 29.4 Å². The van der Waals surface area contributed by atoms with Gasteiger partial charge in [0.2, 0.25) is 11.8 Å². The number of benzene rings is 1. The number of carbonyl (C=O) groups excluding carboxylic acids is 2. The Morgan fingerprint density at radius 2 is 2.17 bits per heavy atom. The van der Waals surface area contributed by atoms with E-state index in [1.54, 1.807) is 20.0 Å². The van der Waals surface area contributed by atoms with Crippen LogP contribution in [0.15, 0.2) is 24.4 Å². The number of nitrogens with one attached hydrogen (secondary N) is 4. The third-order valence-corrected chi connectivity index (χ3v) is 6.67. The largest absolute Gasteiger partial charge is 0.361 e. The molecule has 3 heterocycles. The van der Waals surface area contributed by atoms with Crippen LogP contribution in [-0.4, -0.2) is 66.0 Å². The van der Waals surface area contributed by atoms with E-state index in [1.807, 2.05) is 18.0 Å². The summed E-state index contributed by atoms with van der Waals surface area (Å²) in [5.41, 5.74) is 1.87. The van der Waals surface area contributed by atoms with Gasteiger partial charge in [-0.3, -0.25) is 9.59 Å². The normalized spacial score (nSPS) is 25.3. The van der Waals surface area contributed by atoms with Crippen molar-refractivity contribution in [2.75, 3.05) is 20.1 Å². The monoisotopic (exact) mass is 415 g/mol. The number of nitrogens with zero attached hydrogens (tertiary/aromatic N) is 1. The molecule has 0 radical (unpaired) electrons. The van der Waals surface area contributed by atoms with Crippen LogP contribution in [0.5, 0.6) is 0 Å². The minimum absolute atomic E-state index is 0.0224. The number of halogens is 1. The molecule has 0 aliphatic carbocycles. The van der Waals surface area contributed by atoms with Crippen molar-refractivity contribution in [2.45, 2.75) is 56.8 Å². The molecule has 0 saturated carbocycles. The molecule has 1 unspecified atom stereocenters. The molecule has 4 N–H and O–H groups in total. The maximum absolute atomic E-state index is 13.6. The van der Waals surface area contributed by atoms with Crippen molar-refractivity contribution in [1.82, 2.24) is 25.8 Å². The van der Waals surface area contributed by atoms with E-state index in [4.69, 9.17) is 0 Å². The first-order chi connectivity index (χ1) is 14.4. The van der Waals surface area contributed by atoms with Crippen LogP contribution in [0.25, 0.3) is 10.9 Å². The summed E-state index contributed by atoms with van der Waals surface area (Å²) in [5, 5.41) is 10.4. The molecule has 4 rings (SSSR count). The molecule has 1 aromatic carbocycles. The maximum atomic E-state index is 13.6. The van der Waals surface area contributed by atoms with Crippen LogP contribution >= 0.6 is 0 Å². The number of fused-ring (bicyclic) bond motifs is 2. The van der Waals surface area contributed by atoms with Crippen LogP contribution in [0.2, 0.25) is 0 Å². The van der Waals surface area contributed by atoms with Gasteiger partial charge < -0.3 is 25.8 Å². The summed E-state index contributed by atoms with van der Waals surface area (Å²) in [4.78, 5) is 30.8. The quantitative estimate of drug-likeness (QED) is 0.575. The first-order valence-electron chi connectivity index (χ1n) is 10.7. The Kier molecular flexibility index (Phi) is 5.79. The second kappa shape index (κ2) is 8.35. The number of likely N-dealkylation sites (N-methyl/N-ethyl adjacent to an activating group) is 1. The number of aromatic amines is 1. The second-order valence-electron chi connectivity index (χ2n) is 8.35. The molecular weight excluding hydrogens is 385 g/mol. The van der Waals surface area contributed by atoms with Gasteiger partial charge in [0, 0.05) is 42.1 Å². The highest BCUT2D eigenvalue weighted by atomic mass is 19.1. The predicted molar refractivity (Wildman–Crippen MR) is 114 cm³/mol. The number of hydrogen-bond donors (Lipinski definition) is 4.